The Hall–Kier alpha value is -5.79. The van der Waals surface area contributed by atoms with E-state index in [1.807, 2.05) is 30.3 Å². The fraction of sp³-hybridized carbons (Fsp3) is 0. The summed E-state index contributed by atoms with van der Waals surface area (Å²) in [4.78, 5) is 3.83. The number of hydrogen-bond acceptors (Lipinski definition) is 2. The lowest BCUT2D eigenvalue weighted by atomic mass is 9.97. The third-order valence-electron chi connectivity index (χ3n) is 8.24. The minimum absolute atomic E-state index is 0.498. The molecule has 4 heteroatoms. The summed E-state index contributed by atoms with van der Waals surface area (Å²) in [5.74, 6) is 0. The molecule has 41 heavy (non-hydrogen) atoms. The van der Waals surface area contributed by atoms with Gasteiger partial charge in [0.1, 0.15) is 16.7 Å². The molecular weight excluding hydrogens is 504 g/mol. The molecule has 0 bridgehead atoms. The summed E-state index contributed by atoms with van der Waals surface area (Å²) < 4.78 is 15.2. The van der Waals surface area contributed by atoms with E-state index in [2.05, 4.69) is 100 Å². The SMILES string of the molecule is [C-]#[N+]c1ccc(-c2ccc3c(c2)oc2ccccc23)c2c1oc1c(-n3c4ccccc4c4ccccc43)cccc12. The van der Waals surface area contributed by atoms with Gasteiger partial charge < -0.3 is 13.4 Å². The Morgan fingerprint density at radius 2 is 1.22 bits per heavy atom. The zero-order valence-electron chi connectivity index (χ0n) is 21.8. The molecular formula is C37H20N2O2. The topological polar surface area (TPSA) is 35.6 Å². The summed E-state index contributed by atoms with van der Waals surface area (Å²) in [5.41, 5.74) is 8.77. The number of furan rings is 2. The lowest BCUT2D eigenvalue weighted by Gasteiger charge is -2.08. The van der Waals surface area contributed by atoms with E-state index in [9.17, 15) is 0 Å². The van der Waals surface area contributed by atoms with E-state index in [0.717, 1.165) is 66.1 Å². The van der Waals surface area contributed by atoms with Crippen LogP contribution in [0.25, 0.3) is 87.3 Å². The highest BCUT2D eigenvalue weighted by atomic mass is 16.3. The zero-order chi connectivity index (χ0) is 27.1. The number of benzene rings is 6. The Kier molecular flexibility index (Phi) is 4.37. The van der Waals surface area contributed by atoms with Crippen molar-refractivity contribution < 1.29 is 8.83 Å². The van der Waals surface area contributed by atoms with Crippen LogP contribution in [0.3, 0.4) is 0 Å². The van der Waals surface area contributed by atoms with Gasteiger partial charge >= 0.3 is 0 Å². The van der Waals surface area contributed by atoms with Gasteiger partial charge in [-0.2, -0.15) is 0 Å². The van der Waals surface area contributed by atoms with E-state index in [0.29, 0.717) is 11.3 Å². The first-order chi connectivity index (χ1) is 20.3. The Morgan fingerprint density at radius 3 is 2.00 bits per heavy atom. The van der Waals surface area contributed by atoms with Crippen molar-refractivity contribution in [3.05, 3.63) is 133 Å². The van der Waals surface area contributed by atoms with E-state index in [4.69, 9.17) is 15.4 Å². The van der Waals surface area contributed by atoms with Crippen LogP contribution in [-0.4, -0.2) is 4.57 Å². The Morgan fingerprint density at radius 1 is 0.537 bits per heavy atom. The summed E-state index contributed by atoms with van der Waals surface area (Å²) in [6.07, 6.45) is 0. The maximum absolute atomic E-state index is 7.90. The number of aromatic nitrogens is 1. The number of para-hydroxylation sites is 4. The van der Waals surface area contributed by atoms with Crippen LogP contribution in [0, 0.1) is 6.57 Å². The summed E-state index contributed by atoms with van der Waals surface area (Å²) >= 11 is 0. The van der Waals surface area contributed by atoms with Gasteiger partial charge in [-0.25, -0.2) is 4.85 Å². The molecule has 0 saturated carbocycles. The lowest BCUT2D eigenvalue weighted by Crippen LogP contribution is -1.94. The lowest BCUT2D eigenvalue weighted by molar-refractivity contribution is 0.668. The molecule has 0 aliphatic rings. The van der Waals surface area contributed by atoms with E-state index in [1.54, 1.807) is 0 Å². The van der Waals surface area contributed by atoms with E-state index in [-0.39, 0.29) is 0 Å². The first kappa shape index (κ1) is 22.1. The van der Waals surface area contributed by atoms with Crippen molar-refractivity contribution in [2.75, 3.05) is 0 Å². The van der Waals surface area contributed by atoms with Crippen LogP contribution in [0.2, 0.25) is 0 Å². The maximum Gasteiger partial charge on any atom is 0.229 e. The van der Waals surface area contributed by atoms with Gasteiger partial charge in [0.25, 0.3) is 0 Å². The molecule has 6 aromatic carbocycles. The molecule has 9 rings (SSSR count). The predicted molar refractivity (Wildman–Crippen MR) is 167 cm³/mol. The fourth-order valence-electron chi connectivity index (χ4n) is 6.45. The Labute approximate surface area is 234 Å². The molecule has 4 nitrogen and oxygen atoms in total. The van der Waals surface area contributed by atoms with Gasteiger partial charge in [0.05, 0.1) is 23.3 Å². The first-order valence-corrected chi connectivity index (χ1v) is 13.6. The van der Waals surface area contributed by atoms with Crippen molar-refractivity contribution in [1.82, 2.24) is 4.57 Å². The third-order valence-corrected chi connectivity index (χ3v) is 8.24. The minimum atomic E-state index is 0.498. The van der Waals surface area contributed by atoms with Crippen molar-refractivity contribution >= 4 is 71.4 Å². The average molecular weight is 525 g/mol. The quantitative estimate of drug-likeness (QED) is 0.211. The number of nitrogens with zero attached hydrogens (tertiary/aromatic N) is 2. The van der Waals surface area contributed by atoms with Gasteiger partial charge in [0, 0.05) is 32.3 Å². The molecule has 0 atom stereocenters. The van der Waals surface area contributed by atoms with Crippen molar-refractivity contribution in [3.63, 3.8) is 0 Å². The molecule has 0 unspecified atom stereocenters. The van der Waals surface area contributed by atoms with Gasteiger partial charge in [0.2, 0.25) is 5.69 Å². The van der Waals surface area contributed by atoms with Gasteiger partial charge in [-0.1, -0.05) is 84.9 Å². The van der Waals surface area contributed by atoms with E-state index >= 15 is 0 Å². The number of rotatable bonds is 2. The average Bonchev–Trinajstić information content (AvgIpc) is 3.70. The maximum atomic E-state index is 7.90. The van der Waals surface area contributed by atoms with Crippen LogP contribution in [-0.2, 0) is 0 Å². The summed E-state index contributed by atoms with van der Waals surface area (Å²) in [6, 6.07) is 41.5. The molecule has 0 aliphatic carbocycles. The molecule has 0 spiro atoms. The molecule has 0 radical (unpaired) electrons. The highest BCUT2D eigenvalue weighted by molar-refractivity contribution is 6.19. The van der Waals surface area contributed by atoms with Crippen LogP contribution >= 0.6 is 0 Å². The first-order valence-electron chi connectivity index (χ1n) is 13.6. The highest BCUT2D eigenvalue weighted by Crippen LogP contribution is 2.45. The normalized spacial score (nSPS) is 11.9. The summed E-state index contributed by atoms with van der Waals surface area (Å²) in [6.45, 7) is 7.90. The van der Waals surface area contributed by atoms with Crippen LogP contribution in [0.5, 0.6) is 0 Å². The van der Waals surface area contributed by atoms with Gasteiger partial charge in [-0.3, -0.25) is 0 Å². The van der Waals surface area contributed by atoms with Gasteiger partial charge in [0.15, 0.2) is 5.58 Å². The minimum Gasteiger partial charge on any atom is -0.465 e. The highest BCUT2D eigenvalue weighted by Gasteiger charge is 2.21. The number of hydrogen-bond donors (Lipinski definition) is 0. The van der Waals surface area contributed by atoms with Crippen LogP contribution in [0.4, 0.5) is 5.69 Å². The summed E-state index contributed by atoms with van der Waals surface area (Å²) in [5, 5.41) is 6.49. The van der Waals surface area contributed by atoms with Crippen LogP contribution < -0.4 is 0 Å². The second-order valence-electron chi connectivity index (χ2n) is 10.4. The smallest absolute Gasteiger partial charge is 0.229 e. The number of fused-ring (bicyclic) bond motifs is 9. The van der Waals surface area contributed by atoms with Crippen molar-refractivity contribution in [2.45, 2.75) is 0 Å². The molecule has 9 aromatic rings. The molecule has 190 valence electrons. The molecule has 0 saturated heterocycles. The standard InChI is InChI=1S/C37H20N2O2/c1-38-29-20-19-23(22-17-18-27-26-11-4-7-16-33(26)40-34(27)21-22)35-28-12-8-15-32(36(28)41-37(29)35)39-30-13-5-2-9-24(30)25-10-3-6-14-31(25)39/h2-21H. The Bertz CT molecular complexity index is 2500. The second kappa shape index (κ2) is 8.11. The molecule has 0 fully saturated rings. The second-order valence-corrected chi connectivity index (χ2v) is 10.4. The predicted octanol–water partition coefficient (Wildman–Crippen LogP) is 10.8. The molecule has 0 aliphatic heterocycles. The van der Waals surface area contributed by atoms with Crippen molar-refractivity contribution in [1.29, 1.82) is 0 Å². The third kappa shape index (κ3) is 2.98. The van der Waals surface area contributed by atoms with Gasteiger partial charge in [-0.05, 0) is 47.5 Å². The van der Waals surface area contributed by atoms with Crippen molar-refractivity contribution in [3.8, 4) is 16.8 Å². The van der Waals surface area contributed by atoms with Crippen LogP contribution in [0.15, 0.2) is 130 Å². The fourth-order valence-corrected chi connectivity index (χ4v) is 6.45. The largest absolute Gasteiger partial charge is 0.465 e. The molecule has 3 aromatic heterocycles. The Balaban J connectivity index is 1.37. The molecule has 3 heterocycles. The van der Waals surface area contributed by atoms with Crippen molar-refractivity contribution in [2.24, 2.45) is 0 Å². The molecule has 0 amide bonds. The van der Waals surface area contributed by atoms with Crippen LogP contribution in [0.1, 0.15) is 0 Å². The molecule has 0 N–H and O–H groups in total. The van der Waals surface area contributed by atoms with Gasteiger partial charge in [-0.15, -0.1) is 0 Å². The van der Waals surface area contributed by atoms with E-state index in [1.165, 1.54) is 10.8 Å². The van der Waals surface area contributed by atoms with E-state index < -0.39 is 0 Å². The zero-order valence-corrected chi connectivity index (χ0v) is 21.8. The monoisotopic (exact) mass is 524 g/mol. The summed E-state index contributed by atoms with van der Waals surface area (Å²) in [7, 11) is 0.